The fraction of sp³-hybridized carbons (Fsp3) is 0.273. The summed E-state index contributed by atoms with van der Waals surface area (Å²) >= 11 is 0. The maximum absolute atomic E-state index is 11.4. The molecule has 2 heterocycles. The number of hydrogen-bond donors (Lipinski definition) is 0. The normalized spacial score (nSPS) is 10.3. The summed E-state index contributed by atoms with van der Waals surface area (Å²) in [6, 6.07) is 1.58. The molecule has 88 valence electrons. The quantitative estimate of drug-likeness (QED) is 0.724. The minimum absolute atomic E-state index is 0.239. The summed E-state index contributed by atoms with van der Waals surface area (Å²) in [6.45, 7) is 3.68. The summed E-state index contributed by atoms with van der Waals surface area (Å²) < 4.78 is 6.35. The van der Waals surface area contributed by atoms with E-state index in [0.29, 0.717) is 11.6 Å². The highest BCUT2D eigenvalue weighted by Crippen LogP contribution is 2.08. The van der Waals surface area contributed by atoms with Gasteiger partial charge in [-0.05, 0) is 19.9 Å². The number of ether oxygens (including phenoxy) is 1. The summed E-state index contributed by atoms with van der Waals surface area (Å²) in [5.41, 5.74) is 1.83. The molecule has 0 fully saturated rings. The number of esters is 1. The highest BCUT2D eigenvalue weighted by atomic mass is 16.5. The van der Waals surface area contributed by atoms with E-state index in [4.69, 9.17) is 0 Å². The van der Waals surface area contributed by atoms with Crippen molar-refractivity contribution in [2.75, 3.05) is 7.11 Å². The van der Waals surface area contributed by atoms with Gasteiger partial charge in [0.2, 0.25) is 5.95 Å². The lowest BCUT2D eigenvalue weighted by atomic mass is 10.3. The fourth-order valence-electron chi connectivity index (χ4n) is 1.44. The van der Waals surface area contributed by atoms with Gasteiger partial charge in [-0.3, -0.25) is 4.57 Å². The highest BCUT2D eigenvalue weighted by Gasteiger charge is 2.12. The topological polar surface area (TPSA) is 69.9 Å². The molecule has 0 amide bonds. The zero-order valence-corrected chi connectivity index (χ0v) is 9.84. The lowest BCUT2D eigenvalue weighted by Crippen LogP contribution is -2.10. The second-order valence-electron chi connectivity index (χ2n) is 3.59. The van der Waals surface area contributed by atoms with Crippen molar-refractivity contribution >= 4 is 5.97 Å². The van der Waals surface area contributed by atoms with Crippen LogP contribution in [0.5, 0.6) is 0 Å². The third kappa shape index (κ3) is 2.15. The van der Waals surface area contributed by atoms with Gasteiger partial charge >= 0.3 is 5.97 Å². The Hall–Kier alpha value is -2.24. The van der Waals surface area contributed by atoms with Gasteiger partial charge in [0.05, 0.1) is 7.11 Å². The molecule has 6 heteroatoms. The maximum atomic E-state index is 11.4. The van der Waals surface area contributed by atoms with E-state index in [2.05, 4.69) is 19.7 Å². The molecule has 2 aromatic rings. The molecule has 2 aromatic heterocycles. The Morgan fingerprint density at radius 2 is 2.12 bits per heavy atom. The van der Waals surface area contributed by atoms with Gasteiger partial charge in [0, 0.05) is 17.6 Å². The number of aryl methyl sites for hydroxylation is 2. The number of rotatable bonds is 2. The Balaban J connectivity index is 2.53. The molecule has 0 saturated heterocycles. The van der Waals surface area contributed by atoms with E-state index in [9.17, 15) is 4.79 Å². The second kappa shape index (κ2) is 4.32. The van der Waals surface area contributed by atoms with Crippen molar-refractivity contribution in [2.45, 2.75) is 13.8 Å². The molecule has 0 aliphatic rings. The molecule has 2 rings (SSSR count). The van der Waals surface area contributed by atoms with Crippen molar-refractivity contribution in [1.82, 2.24) is 19.5 Å². The van der Waals surface area contributed by atoms with Crippen LogP contribution >= 0.6 is 0 Å². The molecule has 0 aliphatic carbocycles. The molecule has 0 atom stereocenters. The van der Waals surface area contributed by atoms with Crippen molar-refractivity contribution in [1.29, 1.82) is 0 Å². The fourth-order valence-corrected chi connectivity index (χ4v) is 1.44. The van der Waals surface area contributed by atoms with Crippen molar-refractivity contribution in [3.8, 4) is 5.95 Å². The van der Waals surface area contributed by atoms with Crippen LogP contribution in [0.4, 0.5) is 0 Å². The second-order valence-corrected chi connectivity index (χ2v) is 3.59. The number of nitrogens with zero attached hydrogens (tertiary/aromatic N) is 4. The average molecular weight is 232 g/mol. The Kier molecular flexibility index (Phi) is 2.86. The van der Waals surface area contributed by atoms with Gasteiger partial charge in [-0.15, -0.1) is 0 Å². The van der Waals surface area contributed by atoms with Crippen molar-refractivity contribution in [3.63, 3.8) is 0 Å². The number of carbonyl (C=O) groups excluding carboxylic acids is 1. The molecule has 0 radical (unpaired) electrons. The van der Waals surface area contributed by atoms with Crippen LogP contribution in [0.1, 0.15) is 21.9 Å². The molecule has 0 bridgehead atoms. The molecular formula is C11H12N4O2. The van der Waals surface area contributed by atoms with Crippen LogP contribution in [0.3, 0.4) is 0 Å². The average Bonchev–Trinajstić information content (AvgIpc) is 2.73. The van der Waals surface area contributed by atoms with Gasteiger partial charge in [0.15, 0.2) is 5.69 Å². The first-order valence-corrected chi connectivity index (χ1v) is 5.05. The molecule has 0 aliphatic heterocycles. The summed E-state index contributed by atoms with van der Waals surface area (Å²) in [7, 11) is 1.32. The van der Waals surface area contributed by atoms with E-state index >= 15 is 0 Å². The zero-order chi connectivity index (χ0) is 12.4. The standard InChI is InChI=1S/C11H12N4O2/c1-7-4-9(10(16)17-3)14-11(13-7)15-6-12-5-8(15)2/h4-6H,1-3H3. The largest absolute Gasteiger partial charge is 0.464 e. The van der Waals surface area contributed by atoms with Gasteiger partial charge in [-0.25, -0.2) is 19.7 Å². The van der Waals surface area contributed by atoms with Crippen molar-refractivity contribution in [2.24, 2.45) is 0 Å². The number of aromatic nitrogens is 4. The summed E-state index contributed by atoms with van der Waals surface area (Å²) in [5, 5.41) is 0. The van der Waals surface area contributed by atoms with E-state index in [0.717, 1.165) is 5.69 Å². The van der Waals surface area contributed by atoms with E-state index < -0.39 is 5.97 Å². The van der Waals surface area contributed by atoms with E-state index in [-0.39, 0.29) is 5.69 Å². The van der Waals surface area contributed by atoms with Crippen LogP contribution in [-0.4, -0.2) is 32.6 Å². The molecule has 6 nitrogen and oxygen atoms in total. The van der Waals surface area contributed by atoms with Gasteiger partial charge in [-0.1, -0.05) is 0 Å². The summed E-state index contributed by atoms with van der Waals surface area (Å²) in [5.74, 6) is -0.0603. The maximum Gasteiger partial charge on any atom is 0.356 e. The van der Waals surface area contributed by atoms with Gasteiger partial charge < -0.3 is 4.74 Å². The Morgan fingerprint density at radius 1 is 1.35 bits per heavy atom. The lowest BCUT2D eigenvalue weighted by molar-refractivity contribution is 0.0593. The molecule has 0 unspecified atom stereocenters. The lowest BCUT2D eigenvalue weighted by Gasteiger charge is -2.06. The molecule has 17 heavy (non-hydrogen) atoms. The van der Waals surface area contributed by atoms with Crippen LogP contribution in [-0.2, 0) is 4.74 Å². The SMILES string of the molecule is COC(=O)c1cc(C)nc(-n2cncc2C)n1. The molecule has 0 aromatic carbocycles. The van der Waals surface area contributed by atoms with Gasteiger partial charge in [0.1, 0.15) is 6.33 Å². The van der Waals surface area contributed by atoms with Crippen LogP contribution in [0.2, 0.25) is 0 Å². The Morgan fingerprint density at radius 3 is 2.71 bits per heavy atom. The van der Waals surface area contributed by atoms with Crippen LogP contribution in [0, 0.1) is 13.8 Å². The minimum atomic E-state index is -0.477. The van der Waals surface area contributed by atoms with Gasteiger partial charge in [0.25, 0.3) is 0 Å². The van der Waals surface area contributed by atoms with E-state index in [1.807, 2.05) is 6.92 Å². The molecule has 0 saturated carbocycles. The highest BCUT2D eigenvalue weighted by molar-refractivity contribution is 5.87. The third-order valence-corrected chi connectivity index (χ3v) is 2.28. The first kappa shape index (κ1) is 11.3. The first-order valence-electron chi connectivity index (χ1n) is 5.05. The summed E-state index contributed by atoms with van der Waals surface area (Å²) in [4.78, 5) is 23.8. The first-order chi connectivity index (χ1) is 8.11. The smallest absolute Gasteiger partial charge is 0.356 e. The minimum Gasteiger partial charge on any atom is -0.464 e. The monoisotopic (exact) mass is 232 g/mol. The van der Waals surface area contributed by atoms with Crippen molar-refractivity contribution in [3.05, 3.63) is 35.7 Å². The number of imidazole rings is 1. The predicted octanol–water partition coefficient (Wildman–Crippen LogP) is 1.07. The van der Waals surface area contributed by atoms with Crippen LogP contribution in [0.25, 0.3) is 5.95 Å². The molecular weight excluding hydrogens is 220 g/mol. The Labute approximate surface area is 98.3 Å². The van der Waals surface area contributed by atoms with E-state index in [1.165, 1.54) is 7.11 Å². The molecule has 0 spiro atoms. The number of methoxy groups -OCH3 is 1. The van der Waals surface area contributed by atoms with E-state index in [1.54, 1.807) is 30.1 Å². The third-order valence-electron chi connectivity index (χ3n) is 2.28. The van der Waals surface area contributed by atoms with Crippen LogP contribution in [0.15, 0.2) is 18.6 Å². The zero-order valence-electron chi connectivity index (χ0n) is 9.84. The van der Waals surface area contributed by atoms with Crippen LogP contribution < -0.4 is 0 Å². The summed E-state index contributed by atoms with van der Waals surface area (Å²) in [6.07, 6.45) is 3.30. The van der Waals surface area contributed by atoms with Crippen molar-refractivity contribution < 1.29 is 9.53 Å². The Bertz CT molecular complexity index is 562. The molecule has 0 N–H and O–H groups in total. The number of carbonyl (C=O) groups is 1. The number of hydrogen-bond acceptors (Lipinski definition) is 5. The van der Waals surface area contributed by atoms with Gasteiger partial charge in [-0.2, -0.15) is 0 Å². The predicted molar refractivity (Wildman–Crippen MR) is 60.0 cm³/mol.